The topological polar surface area (TPSA) is 64.7 Å². The fraction of sp³-hybridized carbons (Fsp3) is 0.586. The average molecular weight is 450 g/mol. The van der Waals surface area contributed by atoms with Crippen molar-refractivity contribution >= 4 is 0 Å². The molecule has 2 aromatic carbocycles. The van der Waals surface area contributed by atoms with E-state index in [4.69, 9.17) is 15.2 Å². The van der Waals surface area contributed by atoms with Crippen LogP contribution < -0.4 is 15.2 Å². The molecule has 4 heteroatoms. The van der Waals surface area contributed by atoms with E-state index in [1.807, 2.05) is 30.3 Å². The van der Waals surface area contributed by atoms with E-state index in [1.165, 1.54) is 36.8 Å². The molecule has 2 aromatic rings. The van der Waals surface area contributed by atoms with Gasteiger partial charge in [-0.2, -0.15) is 0 Å². The van der Waals surface area contributed by atoms with Crippen LogP contribution >= 0.6 is 0 Å². The lowest BCUT2D eigenvalue weighted by molar-refractivity contribution is 0.000862. The Hall–Kier alpha value is -2.20. The summed E-state index contributed by atoms with van der Waals surface area (Å²) in [6.45, 7) is 6.26. The van der Waals surface area contributed by atoms with Gasteiger partial charge in [0.25, 0.3) is 0 Å². The molecular weight excluding hydrogens is 410 g/mol. The molecule has 2 fully saturated rings. The molecule has 0 aliphatic heterocycles. The normalized spacial score (nSPS) is 32.5. The highest BCUT2D eigenvalue weighted by molar-refractivity contribution is 5.43. The van der Waals surface area contributed by atoms with E-state index in [0.717, 1.165) is 48.3 Å². The van der Waals surface area contributed by atoms with E-state index in [0.29, 0.717) is 35.5 Å². The molecule has 0 spiro atoms. The van der Waals surface area contributed by atoms with Crippen molar-refractivity contribution in [3.8, 4) is 17.2 Å². The molecule has 3 aliphatic carbocycles. The molecule has 0 radical (unpaired) electrons. The quantitative estimate of drug-likeness (QED) is 0.564. The van der Waals surface area contributed by atoms with Crippen LogP contribution in [0.25, 0.3) is 0 Å². The zero-order valence-corrected chi connectivity index (χ0v) is 20.3. The van der Waals surface area contributed by atoms with Crippen LogP contribution in [-0.4, -0.2) is 18.8 Å². The van der Waals surface area contributed by atoms with Crippen LogP contribution in [0, 0.1) is 29.1 Å². The fourth-order valence-corrected chi connectivity index (χ4v) is 7.82. The molecular formula is C29H39NO3. The van der Waals surface area contributed by atoms with Gasteiger partial charge in [0.15, 0.2) is 11.5 Å². The molecule has 5 rings (SSSR count). The molecule has 178 valence electrons. The van der Waals surface area contributed by atoms with Crippen LogP contribution in [0.2, 0.25) is 0 Å². The Balaban J connectivity index is 1.28. The van der Waals surface area contributed by atoms with E-state index in [9.17, 15) is 5.11 Å². The van der Waals surface area contributed by atoms with Gasteiger partial charge >= 0.3 is 0 Å². The summed E-state index contributed by atoms with van der Waals surface area (Å²) in [4.78, 5) is 0. The molecule has 0 aromatic heterocycles. The summed E-state index contributed by atoms with van der Waals surface area (Å²) >= 11 is 0. The van der Waals surface area contributed by atoms with Crippen LogP contribution in [0.1, 0.15) is 68.6 Å². The summed E-state index contributed by atoms with van der Waals surface area (Å²) in [6.07, 6.45) is 7.42. The van der Waals surface area contributed by atoms with Crippen molar-refractivity contribution < 1.29 is 14.6 Å². The van der Waals surface area contributed by atoms with Crippen molar-refractivity contribution in [2.45, 2.75) is 64.8 Å². The molecule has 2 saturated carbocycles. The van der Waals surface area contributed by atoms with E-state index in [2.05, 4.69) is 19.9 Å². The Kier molecular flexibility index (Phi) is 6.07. The largest absolute Gasteiger partial charge is 0.508 e. The van der Waals surface area contributed by atoms with E-state index in [-0.39, 0.29) is 0 Å². The summed E-state index contributed by atoms with van der Waals surface area (Å²) in [7, 11) is 1.69. The zero-order valence-electron chi connectivity index (χ0n) is 20.3. The van der Waals surface area contributed by atoms with Crippen molar-refractivity contribution in [2.24, 2.45) is 34.8 Å². The lowest BCUT2D eigenvalue weighted by Gasteiger charge is -2.53. The Morgan fingerprint density at radius 3 is 2.73 bits per heavy atom. The first-order chi connectivity index (χ1) is 15.9. The third-order valence-corrected chi connectivity index (χ3v) is 9.44. The molecule has 0 saturated heterocycles. The average Bonchev–Trinajstić information content (AvgIpc) is 3.15. The van der Waals surface area contributed by atoms with Gasteiger partial charge in [-0.1, -0.05) is 26.0 Å². The number of benzene rings is 2. The van der Waals surface area contributed by atoms with Crippen LogP contribution in [0.3, 0.4) is 0 Å². The summed E-state index contributed by atoms with van der Waals surface area (Å²) in [5.41, 5.74) is 10.1. The maximum atomic E-state index is 10.00. The van der Waals surface area contributed by atoms with Crippen molar-refractivity contribution in [1.82, 2.24) is 0 Å². The SMILES string of the molecule is COc1cc(CN)ccc1OCCC1CCC2C3C(CCC12C)c1ccc(O)cc1C[C@H]3C. The first-order valence-electron chi connectivity index (χ1n) is 12.8. The minimum atomic E-state index is 0.403. The lowest BCUT2D eigenvalue weighted by atomic mass is 9.51. The highest BCUT2D eigenvalue weighted by atomic mass is 16.5. The number of nitrogens with two attached hydrogens (primary N) is 1. The van der Waals surface area contributed by atoms with Crippen molar-refractivity contribution in [3.05, 3.63) is 53.1 Å². The second kappa shape index (κ2) is 8.87. The number of hydrogen-bond donors (Lipinski definition) is 2. The molecule has 0 heterocycles. The third-order valence-electron chi connectivity index (χ3n) is 9.44. The first kappa shape index (κ1) is 22.6. The van der Waals surface area contributed by atoms with Crippen molar-refractivity contribution in [3.63, 3.8) is 0 Å². The second-order valence-corrected chi connectivity index (χ2v) is 11.0. The molecule has 0 bridgehead atoms. The Morgan fingerprint density at radius 2 is 1.94 bits per heavy atom. The summed E-state index contributed by atoms with van der Waals surface area (Å²) in [6, 6.07) is 12.1. The summed E-state index contributed by atoms with van der Waals surface area (Å²) in [5.74, 6) is 5.60. The van der Waals surface area contributed by atoms with E-state index in [1.54, 1.807) is 7.11 Å². The maximum absolute atomic E-state index is 10.00. The molecule has 3 aliphatic rings. The van der Waals surface area contributed by atoms with Gasteiger partial charge in [0.2, 0.25) is 0 Å². The van der Waals surface area contributed by atoms with E-state index < -0.39 is 0 Å². The predicted molar refractivity (Wildman–Crippen MR) is 132 cm³/mol. The minimum absolute atomic E-state index is 0.403. The van der Waals surface area contributed by atoms with Gasteiger partial charge in [-0.05, 0) is 114 Å². The number of ether oxygens (including phenoxy) is 2. The third kappa shape index (κ3) is 3.90. The highest BCUT2D eigenvalue weighted by Gasteiger charge is 2.55. The summed E-state index contributed by atoms with van der Waals surface area (Å²) < 4.78 is 11.7. The van der Waals surface area contributed by atoms with Gasteiger partial charge in [0.05, 0.1) is 13.7 Å². The van der Waals surface area contributed by atoms with Gasteiger partial charge in [0.1, 0.15) is 5.75 Å². The van der Waals surface area contributed by atoms with Gasteiger partial charge in [-0.25, -0.2) is 0 Å². The molecule has 5 unspecified atom stereocenters. The first-order valence-corrected chi connectivity index (χ1v) is 12.8. The van der Waals surface area contributed by atoms with Crippen LogP contribution in [0.5, 0.6) is 17.2 Å². The van der Waals surface area contributed by atoms with Gasteiger partial charge in [-0.3, -0.25) is 0 Å². The standard InChI is InChI=1S/C29H39NO3/c1-18-14-20-16-22(31)6-7-23(20)24-10-12-29(2)21(5-8-25(29)28(18)24)11-13-33-26-9-4-19(17-30)15-27(26)32-3/h4,6-7,9,15-16,18,21,24-25,28,31H,5,8,10-14,17,30H2,1-3H3/t18-,21?,24?,25?,28?,29?/m1/s1. The molecule has 4 nitrogen and oxygen atoms in total. The number of hydrogen-bond acceptors (Lipinski definition) is 4. The van der Waals surface area contributed by atoms with Crippen molar-refractivity contribution in [1.29, 1.82) is 0 Å². The number of phenolic OH excluding ortho intramolecular Hbond substituents is 1. The Bertz CT molecular complexity index is 1000. The smallest absolute Gasteiger partial charge is 0.161 e. The Morgan fingerprint density at radius 1 is 1.09 bits per heavy atom. The molecule has 0 amide bonds. The fourth-order valence-electron chi connectivity index (χ4n) is 7.82. The van der Waals surface area contributed by atoms with Crippen LogP contribution in [0.15, 0.2) is 36.4 Å². The highest BCUT2D eigenvalue weighted by Crippen LogP contribution is 2.64. The minimum Gasteiger partial charge on any atom is -0.508 e. The maximum Gasteiger partial charge on any atom is 0.161 e. The lowest BCUT2D eigenvalue weighted by Crippen LogP contribution is -2.45. The van der Waals surface area contributed by atoms with Gasteiger partial charge in [-0.15, -0.1) is 0 Å². The van der Waals surface area contributed by atoms with Gasteiger partial charge < -0.3 is 20.3 Å². The predicted octanol–water partition coefficient (Wildman–Crippen LogP) is 6.05. The van der Waals surface area contributed by atoms with Crippen molar-refractivity contribution in [2.75, 3.05) is 13.7 Å². The molecule has 33 heavy (non-hydrogen) atoms. The molecule has 3 N–H and O–H groups in total. The van der Waals surface area contributed by atoms with Crippen LogP contribution in [0.4, 0.5) is 0 Å². The number of rotatable bonds is 6. The number of aromatic hydroxyl groups is 1. The zero-order chi connectivity index (χ0) is 23.2. The number of fused-ring (bicyclic) bond motifs is 5. The van der Waals surface area contributed by atoms with E-state index >= 15 is 0 Å². The van der Waals surface area contributed by atoms with Gasteiger partial charge in [0, 0.05) is 6.54 Å². The van der Waals surface area contributed by atoms with Crippen LogP contribution in [-0.2, 0) is 13.0 Å². The monoisotopic (exact) mass is 449 g/mol. The molecule has 6 atom stereocenters. The Labute approximate surface area is 198 Å². The number of phenols is 1. The summed E-state index contributed by atoms with van der Waals surface area (Å²) in [5, 5.41) is 10.00. The second-order valence-electron chi connectivity index (χ2n) is 11.0. The number of methoxy groups -OCH3 is 1.